The molecule has 0 aliphatic rings. The number of rotatable bonds is 17. The van der Waals surface area contributed by atoms with E-state index in [9.17, 15) is 0 Å². The highest BCUT2D eigenvalue weighted by molar-refractivity contribution is 6.24. The maximum atomic E-state index is 5.49. The van der Waals surface area contributed by atoms with Crippen molar-refractivity contribution in [1.82, 2.24) is 18.7 Å². The number of hydrogen-bond acceptors (Lipinski definition) is 3. The molecule has 0 radical (unpaired) electrons. The molecule has 0 bridgehead atoms. The largest absolute Gasteiger partial charge is 0.310 e. The van der Waals surface area contributed by atoms with Crippen LogP contribution in [0.4, 0.5) is 34.1 Å². The summed E-state index contributed by atoms with van der Waals surface area (Å²) in [5.41, 5.74) is 33.5. The van der Waals surface area contributed by atoms with E-state index in [4.69, 9.17) is 4.98 Å². The number of nitrogens with zero attached hydrogens (tertiary/aromatic N) is 6. The fraction of sp³-hybridized carbons (Fsp3) is 0. The predicted molar refractivity (Wildman–Crippen MR) is 588 cm³/mol. The zero-order valence-electron chi connectivity index (χ0n) is 75.8. The van der Waals surface area contributed by atoms with Crippen LogP contribution < -0.4 is 9.80 Å². The molecule has 24 aromatic carbocycles. The van der Waals surface area contributed by atoms with Gasteiger partial charge in [0.05, 0.1) is 44.5 Å². The Morgan fingerprint density at radius 2 is 0.532 bits per heavy atom. The van der Waals surface area contributed by atoms with Crippen LogP contribution in [0.5, 0.6) is 0 Å². The molecule has 6 heteroatoms. The molecular weight excluding hydrogens is 1680 g/mol. The van der Waals surface area contributed by atoms with E-state index in [1.165, 1.54) is 103 Å². The number of fused-ring (bicyclic) bond motifs is 13. The quantitative estimate of drug-likeness (QED) is 0.0852. The van der Waals surface area contributed by atoms with E-state index in [0.717, 1.165) is 156 Å². The number of anilines is 6. The van der Waals surface area contributed by atoms with Crippen molar-refractivity contribution in [2.75, 3.05) is 9.80 Å². The molecular formula is C133H86N6. The Morgan fingerprint density at radius 3 is 1.12 bits per heavy atom. The molecule has 139 heavy (non-hydrogen) atoms. The Hall–Kier alpha value is -18.5. The fourth-order valence-electron chi connectivity index (χ4n) is 22.0. The van der Waals surface area contributed by atoms with Gasteiger partial charge < -0.3 is 18.9 Å². The van der Waals surface area contributed by atoms with Crippen molar-refractivity contribution in [3.8, 4) is 106 Å². The van der Waals surface area contributed by atoms with E-state index in [1.807, 2.05) is 0 Å². The summed E-state index contributed by atoms with van der Waals surface area (Å²) in [6, 6.07) is 192. The molecule has 0 aliphatic carbocycles. The van der Waals surface area contributed by atoms with Crippen molar-refractivity contribution in [1.29, 1.82) is 0 Å². The van der Waals surface area contributed by atoms with Crippen molar-refractivity contribution in [3.63, 3.8) is 0 Å². The molecule has 0 saturated carbocycles. The van der Waals surface area contributed by atoms with E-state index < -0.39 is 0 Å². The van der Waals surface area contributed by atoms with Crippen molar-refractivity contribution in [2.24, 2.45) is 0 Å². The number of benzene rings is 24. The lowest BCUT2D eigenvalue weighted by Crippen LogP contribution is -2.12. The highest BCUT2D eigenvalue weighted by Gasteiger charge is 2.27. The van der Waals surface area contributed by atoms with Gasteiger partial charge in [0, 0.05) is 83.3 Å². The van der Waals surface area contributed by atoms with E-state index >= 15 is 0 Å². The van der Waals surface area contributed by atoms with Gasteiger partial charge in [-0.1, -0.05) is 364 Å². The molecule has 648 valence electrons. The van der Waals surface area contributed by atoms with Gasteiger partial charge in [-0.25, -0.2) is 4.98 Å². The van der Waals surface area contributed by atoms with Crippen molar-refractivity contribution in [3.05, 3.63) is 522 Å². The van der Waals surface area contributed by atoms with E-state index in [0.29, 0.717) is 0 Å². The molecule has 3 heterocycles. The van der Waals surface area contributed by atoms with Crippen LogP contribution in [0.15, 0.2) is 522 Å². The third-order valence-corrected chi connectivity index (χ3v) is 28.6. The first-order valence-electron chi connectivity index (χ1n) is 47.8. The highest BCUT2D eigenvalue weighted by Crippen LogP contribution is 2.52. The summed E-state index contributed by atoms with van der Waals surface area (Å²) in [5.74, 6) is 0.870. The van der Waals surface area contributed by atoms with Crippen LogP contribution in [-0.2, 0) is 0 Å². The van der Waals surface area contributed by atoms with Gasteiger partial charge in [0.25, 0.3) is 0 Å². The van der Waals surface area contributed by atoms with Gasteiger partial charge in [-0.05, 0) is 284 Å². The lowest BCUT2D eigenvalue weighted by Gasteiger charge is -2.30. The van der Waals surface area contributed by atoms with Crippen LogP contribution >= 0.6 is 0 Å². The van der Waals surface area contributed by atoms with Gasteiger partial charge in [0.15, 0.2) is 0 Å². The number of hydrogen-bond donors (Lipinski definition) is 0. The van der Waals surface area contributed by atoms with Gasteiger partial charge >= 0.3 is 0 Å². The molecule has 3 aromatic heterocycles. The van der Waals surface area contributed by atoms with Crippen LogP contribution in [0.2, 0.25) is 0 Å². The van der Waals surface area contributed by atoms with Crippen molar-refractivity contribution in [2.45, 2.75) is 0 Å². The first-order valence-corrected chi connectivity index (χ1v) is 47.8. The number of para-hydroxylation sites is 7. The minimum Gasteiger partial charge on any atom is -0.310 e. The molecule has 0 spiro atoms. The van der Waals surface area contributed by atoms with Gasteiger partial charge in [-0.2, -0.15) is 0 Å². The van der Waals surface area contributed by atoms with Crippen LogP contribution in [0.1, 0.15) is 0 Å². The maximum absolute atomic E-state index is 5.49. The molecule has 27 rings (SSSR count). The first-order chi connectivity index (χ1) is 68.9. The average molecular weight is 1770 g/mol. The second kappa shape index (κ2) is 33.3. The number of imidazole rings is 1. The van der Waals surface area contributed by atoms with Gasteiger partial charge in [-0.3, -0.25) is 4.57 Å². The monoisotopic (exact) mass is 1770 g/mol. The molecule has 0 N–H and O–H groups in total. The Morgan fingerprint density at radius 1 is 0.165 bits per heavy atom. The number of aromatic nitrogens is 4. The Kier molecular flexibility index (Phi) is 19.2. The van der Waals surface area contributed by atoms with E-state index in [2.05, 4.69) is 545 Å². The fourth-order valence-corrected chi connectivity index (χ4v) is 22.0. The third-order valence-electron chi connectivity index (χ3n) is 28.6. The van der Waals surface area contributed by atoms with Crippen LogP contribution in [0.25, 0.3) is 226 Å². The summed E-state index contributed by atoms with van der Waals surface area (Å²) >= 11 is 0. The summed E-state index contributed by atoms with van der Waals surface area (Å²) in [4.78, 5) is 10.3. The molecule has 0 fully saturated rings. The lowest BCUT2D eigenvalue weighted by molar-refractivity contribution is 1.10. The maximum Gasteiger partial charge on any atom is 0.145 e. The Balaban J connectivity index is 0.546. The molecule has 6 nitrogen and oxygen atoms in total. The second-order valence-corrected chi connectivity index (χ2v) is 36.4. The summed E-state index contributed by atoms with van der Waals surface area (Å²) < 4.78 is 7.13. The summed E-state index contributed by atoms with van der Waals surface area (Å²) in [6.07, 6.45) is 0. The van der Waals surface area contributed by atoms with Crippen LogP contribution in [0, 0.1) is 0 Å². The lowest BCUT2D eigenvalue weighted by atomic mass is 9.83. The summed E-state index contributed by atoms with van der Waals surface area (Å²) in [5, 5.41) is 19.1. The SMILES string of the molecule is c1ccc(N(c2ccc(-c3ccc(N(c4ccccc4)c4c(-c5ccc6c(-c7ccc8ccccc8c7)c7cc(-c8ccc(-c9nc%10ccccc%10n9-c9cccc(-c%10ccc%11c(c%10)c%10ccccc%10n%11-c%10ccc(-c%11ccc(-n%12c%13ccccc%13c%13ccccc%13%12)cc%11)cc%10)c9)cc8)ccc7c(-c7ccc8ccccc8c7)c6c5)ccc5ccccc45)cc3)cc2)c2cccc3ccccc23)cc1. The third kappa shape index (κ3) is 13.8. The van der Waals surface area contributed by atoms with Gasteiger partial charge in [0.1, 0.15) is 5.82 Å². The van der Waals surface area contributed by atoms with Gasteiger partial charge in [-0.15, -0.1) is 0 Å². The summed E-state index contributed by atoms with van der Waals surface area (Å²) in [6.45, 7) is 0. The Labute approximate surface area is 804 Å². The smallest absolute Gasteiger partial charge is 0.145 e. The highest BCUT2D eigenvalue weighted by atomic mass is 15.2. The Bertz CT molecular complexity index is 9490. The molecule has 0 unspecified atom stereocenters. The molecule has 27 aromatic rings. The minimum atomic E-state index is 0.870. The standard InChI is InChI=1S/C133H86N6/c1-3-33-105(34-4-1)135(124-48-24-31-94-27-11-13-38-112(94)124)107-69-57-89(58-70-107)90-59-71-108(72-60-90)136(106-35-5-2-6-36-106)132-113-39-14-12-28-95(113)65-77-114(132)102-67-79-119-122(86-102)131(104-56-52-88-26-8-10-30-98(88)82-104)118-78-66-100(85-121(118)130(119)103-55-51-87-25-7-9-29-97(87)81-103)93-49-53-96(54-50-93)133-134-123-43-18-22-47-129(123)139(133)111-37-23-32-99(83-111)101-68-80-128-120(84-101)117-42-17-21-46-127(117)138(128)110-75-63-92(64-76-110)91-61-73-109(74-62-91)137-125-44-19-15-40-115(125)116-41-16-20-45-126(116)137/h1-86H. The van der Waals surface area contributed by atoms with Crippen molar-refractivity contribution >= 4 is 153 Å². The zero-order chi connectivity index (χ0) is 91.5. The topological polar surface area (TPSA) is 34.2 Å². The molecule has 0 saturated heterocycles. The summed E-state index contributed by atoms with van der Waals surface area (Å²) in [7, 11) is 0. The first kappa shape index (κ1) is 80.2. The minimum absolute atomic E-state index is 0.870. The van der Waals surface area contributed by atoms with E-state index in [1.54, 1.807) is 0 Å². The van der Waals surface area contributed by atoms with Crippen LogP contribution in [0.3, 0.4) is 0 Å². The molecule has 0 atom stereocenters. The second-order valence-electron chi connectivity index (χ2n) is 36.4. The molecule has 0 aliphatic heterocycles. The predicted octanol–water partition coefficient (Wildman–Crippen LogP) is 36.4. The van der Waals surface area contributed by atoms with E-state index in [-0.39, 0.29) is 0 Å². The van der Waals surface area contributed by atoms with Crippen molar-refractivity contribution < 1.29 is 0 Å². The average Bonchev–Trinajstić information content (AvgIpc) is 1.65. The van der Waals surface area contributed by atoms with Crippen LogP contribution in [-0.4, -0.2) is 18.7 Å². The zero-order valence-corrected chi connectivity index (χ0v) is 75.8. The molecule has 0 amide bonds. The normalized spacial score (nSPS) is 11.7. The van der Waals surface area contributed by atoms with Gasteiger partial charge in [0.2, 0.25) is 0 Å².